The number of nitrogens with zero attached hydrogens (tertiary/aromatic N) is 3. The molecule has 0 spiro atoms. The molecule has 0 aliphatic carbocycles. The minimum absolute atomic E-state index is 0.0489. The Labute approximate surface area is 113 Å². The Balaban J connectivity index is 2.11. The Morgan fingerprint density at radius 3 is 2.95 bits per heavy atom. The average Bonchev–Trinajstić information content (AvgIpc) is 2.85. The molecule has 1 saturated heterocycles. The van der Waals surface area contributed by atoms with Crippen LogP contribution in [0.1, 0.15) is 24.4 Å². The number of rotatable bonds is 4. The minimum atomic E-state index is -0.0489. The zero-order valence-corrected chi connectivity index (χ0v) is 11.7. The molecule has 1 aliphatic rings. The van der Waals surface area contributed by atoms with Crippen molar-refractivity contribution in [2.45, 2.75) is 32.4 Å². The second kappa shape index (κ2) is 5.97. The van der Waals surface area contributed by atoms with Gasteiger partial charge in [0.2, 0.25) is 5.91 Å². The lowest BCUT2D eigenvalue weighted by molar-refractivity contribution is -0.125. The lowest BCUT2D eigenvalue weighted by Crippen LogP contribution is -2.41. The van der Waals surface area contributed by atoms with Crippen LogP contribution in [0.15, 0.2) is 6.07 Å². The monoisotopic (exact) mass is 263 g/mol. The molecule has 1 unspecified atom stereocenters. The maximum absolute atomic E-state index is 11.8. The zero-order chi connectivity index (χ0) is 13.8. The SMILES string of the molecule is CNC(=O)C1CCCN1Cc1nc(C)cc(NC)n1. The summed E-state index contributed by atoms with van der Waals surface area (Å²) in [7, 11) is 3.52. The van der Waals surface area contributed by atoms with Gasteiger partial charge in [-0.1, -0.05) is 0 Å². The summed E-state index contributed by atoms with van der Waals surface area (Å²) in [4.78, 5) is 22.8. The normalized spacial score (nSPS) is 19.4. The van der Waals surface area contributed by atoms with Crippen LogP contribution < -0.4 is 10.6 Å². The van der Waals surface area contributed by atoms with E-state index in [9.17, 15) is 4.79 Å². The first kappa shape index (κ1) is 13.7. The van der Waals surface area contributed by atoms with Gasteiger partial charge < -0.3 is 10.6 Å². The third-order valence-corrected chi connectivity index (χ3v) is 3.41. The first-order valence-electron chi connectivity index (χ1n) is 6.62. The number of amides is 1. The van der Waals surface area contributed by atoms with Crippen LogP contribution in [0.4, 0.5) is 5.82 Å². The number of aryl methyl sites for hydroxylation is 1. The van der Waals surface area contributed by atoms with Crippen LogP contribution in [0.3, 0.4) is 0 Å². The number of likely N-dealkylation sites (tertiary alicyclic amines) is 1. The first-order chi connectivity index (χ1) is 9.13. The molecule has 0 radical (unpaired) electrons. The van der Waals surface area contributed by atoms with Crippen LogP contribution in [0.2, 0.25) is 0 Å². The van der Waals surface area contributed by atoms with Crippen molar-refractivity contribution in [2.24, 2.45) is 0 Å². The number of likely N-dealkylation sites (N-methyl/N-ethyl adjacent to an activating group) is 1. The third kappa shape index (κ3) is 3.20. The summed E-state index contributed by atoms with van der Waals surface area (Å²) in [6.07, 6.45) is 1.95. The fourth-order valence-corrected chi connectivity index (χ4v) is 2.49. The highest BCUT2D eigenvalue weighted by atomic mass is 16.2. The maximum Gasteiger partial charge on any atom is 0.237 e. The van der Waals surface area contributed by atoms with Gasteiger partial charge in [-0.3, -0.25) is 9.69 Å². The summed E-state index contributed by atoms with van der Waals surface area (Å²) in [6.45, 7) is 3.49. The zero-order valence-electron chi connectivity index (χ0n) is 11.7. The Kier molecular flexibility index (Phi) is 4.31. The first-order valence-corrected chi connectivity index (χ1v) is 6.62. The molecule has 2 rings (SSSR count). The van der Waals surface area contributed by atoms with Gasteiger partial charge in [0.1, 0.15) is 11.6 Å². The molecule has 6 nitrogen and oxygen atoms in total. The summed E-state index contributed by atoms with van der Waals surface area (Å²) in [5.41, 5.74) is 0.935. The van der Waals surface area contributed by atoms with E-state index in [2.05, 4.69) is 25.5 Å². The van der Waals surface area contributed by atoms with Gasteiger partial charge in [-0.15, -0.1) is 0 Å². The van der Waals surface area contributed by atoms with Crippen molar-refractivity contribution in [3.63, 3.8) is 0 Å². The largest absolute Gasteiger partial charge is 0.373 e. The van der Waals surface area contributed by atoms with Gasteiger partial charge in [0, 0.05) is 25.9 Å². The number of hydrogen-bond acceptors (Lipinski definition) is 5. The van der Waals surface area contributed by atoms with Gasteiger partial charge >= 0.3 is 0 Å². The maximum atomic E-state index is 11.8. The van der Waals surface area contributed by atoms with Crippen LogP contribution >= 0.6 is 0 Å². The Morgan fingerprint density at radius 1 is 1.47 bits per heavy atom. The molecule has 1 amide bonds. The van der Waals surface area contributed by atoms with Crippen molar-refractivity contribution in [1.82, 2.24) is 20.2 Å². The van der Waals surface area contributed by atoms with E-state index in [1.54, 1.807) is 7.05 Å². The molecule has 1 aromatic rings. The quantitative estimate of drug-likeness (QED) is 0.829. The number of hydrogen-bond donors (Lipinski definition) is 2. The number of anilines is 1. The van der Waals surface area contributed by atoms with Crippen molar-refractivity contribution in [2.75, 3.05) is 26.0 Å². The number of nitrogens with one attached hydrogen (secondary N) is 2. The van der Waals surface area contributed by atoms with Gasteiger partial charge in [0.15, 0.2) is 0 Å². The second-order valence-electron chi connectivity index (χ2n) is 4.80. The molecule has 2 N–H and O–H groups in total. The molecule has 2 heterocycles. The molecule has 1 aliphatic heterocycles. The molecule has 6 heteroatoms. The molecular formula is C13H21N5O. The van der Waals surface area contributed by atoms with Crippen LogP contribution in [0.5, 0.6) is 0 Å². The van der Waals surface area contributed by atoms with E-state index >= 15 is 0 Å². The van der Waals surface area contributed by atoms with Crippen LogP contribution in [-0.2, 0) is 11.3 Å². The summed E-state index contributed by atoms with van der Waals surface area (Å²) < 4.78 is 0. The number of carbonyl (C=O) groups excluding carboxylic acids is 1. The van der Waals surface area contributed by atoms with E-state index in [0.717, 1.165) is 36.7 Å². The van der Waals surface area contributed by atoms with E-state index in [4.69, 9.17) is 0 Å². The fraction of sp³-hybridized carbons (Fsp3) is 0.615. The van der Waals surface area contributed by atoms with Gasteiger partial charge in [-0.2, -0.15) is 0 Å². The standard InChI is InChI=1S/C13H21N5O/c1-9-7-11(14-2)17-12(16-9)8-18-6-4-5-10(18)13(19)15-3/h7,10H,4-6,8H2,1-3H3,(H,15,19)(H,14,16,17). The smallest absolute Gasteiger partial charge is 0.237 e. The number of carbonyl (C=O) groups is 1. The molecule has 1 fully saturated rings. The molecule has 104 valence electrons. The highest BCUT2D eigenvalue weighted by molar-refractivity contribution is 5.81. The molecule has 1 atom stereocenters. The van der Waals surface area contributed by atoms with Crippen LogP contribution in [0, 0.1) is 6.92 Å². The summed E-state index contributed by atoms with van der Waals surface area (Å²) in [5.74, 6) is 1.66. The molecule has 0 aromatic carbocycles. The Morgan fingerprint density at radius 2 is 2.26 bits per heavy atom. The van der Waals surface area contributed by atoms with E-state index in [1.165, 1.54) is 0 Å². The molecule has 0 saturated carbocycles. The van der Waals surface area contributed by atoms with Gasteiger partial charge in [-0.25, -0.2) is 9.97 Å². The predicted octanol–water partition coefficient (Wildman–Crippen LogP) is 0.537. The van der Waals surface area contributed by atoms with Crippen molar-refractivity contribution in [1.29, 1.82) is 0 Å². The highest BCUT2D eigenvalue weighted by Gasteiger charge is 2.30. The van der Waals surface area contributed by atoms with E-state index in [-0.39, 0.29) is 11.9 Å². The average molecular weight is 263 g/mol. The van der Waals surface area contributed by atoms with Crippen molar-refractivity contribution >= 4 is 11.7 Å². The van der Waals surface area contributed by atoms with E-state index < -0.39 is 0 Å². The van der Waals surface area contributed by atoms with Crippen molar-refractivity contribution in [3.8, 4) is 0 Å². The fourth-order valence-electron chi connectivity index (χ4n) is 2.49. The molecular weight excluding hydrogens is 242 g/mol. The second-order valence-corrected chi connectivity index (χ2v) is 4.80. The number of aromatic nitrogens is 2. The molecule has 19 heavy (non-hydrogen) atoms. The van der Waals surface area contributed by atoms with Crippen LogP contribution in [0.25, 0.3) is 0 Å². The molecule has 1 aromatic heterocycles. The van der Waals surface area contributed by atoms with E-state index in [1.807, 2.05) is 20.0 Å². The van der Waals surface area contributed by atoms with Gasteiger partial charge in [-0.05, 0) is 26.3 Å². The lowest BCUT2D eigenvalue weighted by atomic mass is 10.2. The van der Waals surface area contributed by atoms with Gasteiger partial charge in [0.25, 0.3) is 0 Å². The van der Waals surface area contributed by atoms with Crippen molar-refractivity contribution < 1.29 is 4.79 Å². The van der Waals surface area contributed by atoms with Crippen molar-refractivity contribution in [3.05, 3.63) is 17.6 Å². The minimum Gasteiger partial charge on any atom is -0.373 e. The van der Waals surface area contributed by atoms with Crippen LogP contribution in [-0.4, -0.2) is 47.5 Å². The summed E-state index contributed by atoms with van der Waals surface area (Å²) >= 11 is 0. The summed E-state index contributed by atoms with van der Waals surface area (Å²) in [5, 5.41) is 5.75. The summed E-state index contributed by atoms with van der Waals surface area (Å²) in [6, 6.07) is 1.86. The van der Waals surface area contributed by atoms with E-state index in [0.29, 0.717) is 6.54 Å². The Bertz CT molecular complexity index is 462. The third-order valence-electron chi connectivity index (χ3n) is 3.41. The Hall–Kier alpha value is -1.69. The predicted molar refractivity (Wildman–Crippen MR) is 73.8 cm³/mol. The topological polar surface area (TPSA) is 70.2 Å². The molecule has 0 bridgehead atoms. The van der Waals surface area contributed by atoms with Gasteiger partial charge in [0.05, 0.1) is 12.6 Å². The lowest BCUT2D eigenvalue weighted by Gasteiger charge is -2.22. The highest BCUT2D eigenvalue weighted by Crippen LogP contribution is 2.19.